The Balaban J connectivity index is 1.66. The summed E-state index contributed by atoms with van der Waals surface area (Å²) in [5.74, 6) is -0.138. The highest BCUT2D eigenvalue weighted by molar-refractivity contribution is 4.95. The van der Waals surface area contributed by atoms with Crippen LogP contribution < -0.4 is 0 Å². The largest absolute Gasteiger partial charge is 0.348 e. The van der Waals surface area contributed by atoms with Crippen LogP contribution in [0.15, 0.2) is 0 Å². The second-order valence-corrected chi connectivity index (χ2v) is 4.96. The second kappa shape index (κ2) is 2.71. The van der Waals surface area contributed by atoms with Crippen molar-refractivity contribution in [1.82, 2.24) is 0 Å². The lowest BCUT2D eigenvalue weighted by atomic mass is 9.60. The van der Waals surface area contributed by atoms with Gasteiger partial charge in [0, 0.05) is 12.8 Å². The van der Waals surface area contributed by atoms with E-state index < -0.39 is 0 Å². The minimum atomic E-state index is -0.138. The summed E-state index contributed by atoms with van der Waals surface area (Å²) in [6.45, 7) is 1.62. The van der Waals surface area contributed by atoms with Gasteiger partial charge in [0.25, 0.3) is 0 Å². The van der Waals surface area contributed by atoms with E-state index in [0.29, 0.717) is 0 Å². The number of hydrogen-bond acceptors (Lipinski definition) is 2. The number of ether oxygens (including phenoxy) is 2. The molecule has 0 aromatic carbocycles. The maximum atomic E-state index is 5.72. The van der Waals surface area contributed by atoms with Crippen LogP contribution in [0.4, 0.5) is 0 Å². The van der Waals surface area contributed by atoms with Crippen molar-refractivity contribution in [2.24, 2.45) is 5.41 Å². The zero-order valence-electron chi connectivity index (χ0n) is 8.18. The van der Waals surface area contributed by atoms with Crippen LogP contribution >= 0.6 is 0 Å². The zero-order chi connectivity index (χ0) is 8.78. The van der Waals surface area contributed by atoms with Crippen molar-refractivity contribution in [3.63, 3.8) is 0 Å². The van der Waals surface area contributed by atoms with E-state index in [1.54, 1.807) is 0 Å². The van der Waals surface area contributed by atoms with E-state index in [1.807, 2.05) is 0 Å². The fourth-order valence-electron chi connectivity index (χ4n) is 3.12. The Hall–Kier alpha value is -0.0800. The molecular formula is C11H18O2. The third kappa shape index (κ3) is 1.23. The van der Waals surface area contributed by atoms with Gasteiger partial charge in [0.15, 0.2) is 5.79 Å². The molecule has 3 aliphatic rings. The topological polar surface area (TPSA) is 18.5 Å². The Morgan fingerprint density at radius 3 is 1.77 bits per heavy atom. The molecule has 2 aliphatic carbocycles. The lowest BCUT2D eigenvalue weighted by Crippen LogP contribution is -2.42. The van der Waals surface area contributed by atoms with Crippen LogP contribution in [0.2, 0.25) is 0 Å². The third-order valence-corrected chi connectivity index (χ3v) is 4.30. The van der Waals surface area contributed by atoms with Crippen molar-refractivity contribution in [3.8, 4) is 0 Å². The van der Waals surface area contributed by atoms with Gasteiger partial charge in [-0.2, -0.15) is 0 Å². The molecule has 0 aromatic rings. The first-order valence-electron chi connectivity index (χ1n) is 5.61. The molecule has 0 bridgehead atoms. The van der Waals surface area contributed by atoms with Crippen LogP contribution in [0.5, 0.6) is 0 Å². The summed E-state index contributed by atoms with van der Waals surface area (Å²) in [4.78, 5) is 0. The monoisotopic (exact) mass is 182 g/mol. The first-order valence-corrected chi connectivity index (χ1v) is 5.61. The van der Waals surface area contributed by atoms with Gasteiger partial charge in [-0.25, -0.2) is 0 Å². The average Bonchev–Trinajstić information content (AvgIpc) is 2.53. The van der Waals surface area contributed by atoms with Crippen molar-refractivity contribution in [2.45, 2.75) is 50.7 Å². The van der Waals surface area contributed by atoms with Gasteiger partial charge in [-0.05, 0) is 31.1 Å². The smallest absolute Gasteiger partial charge is 0.168 e. The predicted octanol–water partition coefficient (Wildman–Crippen LogP) is 2.47. The SMILES string of the molecule is C1CC2(C1)CCC1(CC2)OCCO1. The molecule has 0 atom stereocenters. The number of rotatable bonds is 0. The highest BCUT2D eigenvalue weighted by atomic mass is 16.7. The van der Waals surface area contributed by atoms with Gasteiger partial charge in [0.1, 0.15) is 0 Å². The van der Waals surface area contributed by atoms with Crippen molar-refractivity contribution >= 4 is 0 Å². The van der Waals surface area contributed by atoms with Crippen molar-refractivity contribution < 1.29 is 9.47 Å². The van der Waals surface area contributed by atoms with E-state index in [-0.39, 0.29) is 5.79 Å². The van der Waals surface area contributed by atoms with Crippen LogP contribution in [0.1, 0.15) is 44.9 Å². The Bertz CT molecular complexity index is 190. The standard InChI is InChI=1S/C11H18O2/c1-2-10(3-1)4-6-11(7-5-10)12-8-9-13-11/h1-9H2. The lowest BCUT2D eigenvalue weighted by Gasteiger charge is -2.49. The summed E-state index contributed by atoms with van der Waals surface area (Å²) < 4.78 is 11.4. The van der Waals surface area contributed by atoms with Gasteiger partial charge < -0.3 is 9.47 Å². The Morgan fingerprint density at radius 2 is 1.31 bits per heavy atom. The molecule has 0 radical (unpaired) electrons. The van der Waals surface area contributed by atoms with Crippen LogP contribution in [0.25, 0.3) is 0 Å². The van der Waals surface area contributed by atoms with Crippen LogP contribution in [0, 0.1) is 5.41 Å². The summed E-state index contributed by atoms with van der Waals surface area (Å²) in [6, 6.07) is 0. The highest BCUT2D eigenvalue weighted by Gasteiger charge is 2.48. The van der Waals surface area contributed by atoms with Gasteiger partial charge in [-0.1, -0.05) is 6.42 Å². The summed E-state index contributed by atoms with van der Waals surface area (Å²) in [5.41, 5.74) is 0.723. The zero-order valence-corrected chi connectivity index (χ0v) is 8.18. The van der Waals surface area contributed by atoms with Crippen molar-refractivity contribution in [1.29, 1.82) is 0 Å². The van der Waals surface area contributed by atoms with Crippen molar-refractivity contribution in [2.75, 3.05) is 13.2 Å². The molecule has 3 fully saturated rings. The highest BCUT2D eigenvalue weighted by Crippen LogP contribution is 2.54. The van der Waals surface area contributed by atoms with Gasteiger partial charge in [0.05, 0.1) is 13.2 Å². The molecule has 2 nitrogen and oxygen atoms in total. The van der Waals surface area contributed by atoms with E-state index in [4.69, 9.17) is 9.47 Å². The molecule has 2 saturated carbocycles. The van der Waals surface area contributed by atoms with E-state index in [2.05, 4.69) is 0 Å². The Morgan fingerprint density at radius 1 is 0.692 bits per heavy atom. The van der Waals surface area contributed by atoms with Crippen LogP contribution in [0.3, 0.4) is 0 Å². The first-order chi connectivity index (χ1) is 6.33. The maximum absolute atomic E-state index is 5.72. The summed E-state index contributed by atoms with van der Waals surface area (Å²) in [6.07, 6.45) is 9.35. The molecule has 1 heterocycles. The normalized spacial score (nSPS) is 35.1. The number of hydrogen-bond donors (Lipinski definition) is 0. The predicted molar refractivity (Wildman–Crippen MR) is 49.4 cm³/mol. The van der Waals surface area contributed by atoms with Gasteiger partial charge in [-0.15, -0.1) is 0 Å². The summed E-state index contributed by atoms with van der Waals surface area (Å²) in [5, 5.41) is 0. The molecule has 1 saturated heterocycles. The second-order valence-electron chi connectivity index (χ2n) is 4.96. The minimum absolute atomic E-state index is 0.138. The Kier molecular flexibility index (Phi) is 1.72. The van der Waals surface area contributed by atoms with Crippen molar-refractivity contribution in [3.05, 3.63) is 0 Å². The van der Waals surface area contributed by atoms with Gasteiger partial charge in [0.2, 0.25) is 0 Å². The first kappa shape index (κ1) is 8.25. The fourth-order valence-corrected chi connectivity index (χ4v) is 3.12. The maximum Gasteiger partial charge on any atom is 0.168 e. The molecule has 74 valence electrons. The summed E-state index contributed by atoms with van der Waals surface area (Å²) in [7, 11) is 0. The molecule has 0 aromatic heterocycles. The molecule has 0 unspecified atom stereocenters. The molecule has 3 rings (SSSR count). The molecular weight excluding hydrogens is 164 g/mol. The molecule has 2 heteroatoms. The van der Waals surface area contributed by atoms with E-state index in [9.17, 15) is 0 Å². The minimum Gasteiger partial charge on any atom is -0.348 e. The Labute approximate surface area is 79.6 Å². The quantitative estimate of drug-likeness (QED) is 0.573. The van der Waals surface area contributed by atoms with Crippen LogP contribution in [-0.2, 0) is 9.47 Å². The van der Waals surface area contributed by atoms with Crippen LogP contribution in [-0.4, -0.2) is 19.0 Å². The third-order valence-electron chi connectivity index (χ3n) is 4.30. The average molecular weight is 182 g/mol. The van der Waals surface area contributed by atoms with E-state index in [1.165, 1.54) is 32.1 Å². The summed E-state index contributed by atoms with van der Waals surface area (Å²) >= 11 is 0. The molecule has 13 heavy (non-hydrogen) atoms. The lowest BCUT2D eigenvalue weighted by molar-refractivity contribution is -0.198. The van der Waals surface area contributed by atoms with E-state index >= 15 is 0 Å². The van der Waals surface area contributed by atoms with Gasteiger partial charge in [-0.3, -0.25) is 0 Å². The molecule has 1 aliphatic heterocycles. The van der Waals surface area contributed by atoms with Gasteiger partial charge >= 0.3 is 0 Å². The molecule has 2 spiro atoms. The molecule has 0 N–H and O–H groups in total. The van der Waals surface area contributed by atoms with E-state index in [0.717, 1.165) is 31.5 Å². The fraction of sp³-hybridized carbons (Fsp3) is 1.00. The molecule has 0 amide bonds.